The average molecular weight is 288 g/mol. The van der Waals surface area contributed by atoms with Gasteiger partial charge in [0.1, 0.15) is 28.7 Å². The molecule has 0 amide bonds. The number of ether oxygens (including phenoxy) is 1. The molecule has 0 bridgehead atoms. The highest BCUT2D eigenvalue weighted by atomic mass is 35.5. The van der Waals surface area contributed by atoms with Gasteiger partial charge in [0.2, 0.25) is 0 Å². The first-order chi connectivity index (χ1) is 9.52. The molecule has 0 saturated heterocycles. The first-order valence-electron chi connectivity index (χ1n) is 5.73. The lowest BCUT2D eigenvalue weighted by atomic mass is 10.1. The topological polar surface area (TPSA) is 70.3 Å². The van der Waals surface area contributed by atoms with Crippen molar-refractivity contribution in [1.29, 1.82) is 5.26 Å². The predicted octanol–water partition coefficient (Wildman–Crippen LogP) is 4.01. The Bertz CT molecular complexity index is 720. The van der Waals surface area contributed by atoms with Gasteiger partial charge in [-0.1, -0.05) is 23.7 Å². The summed E-state index contributed by atoms with van der Waals surface area (Å²) in [6.07, 6.45) is 0. The molecule has 100 valence electrons. The maximum absolute atomic E-state index is 11.2. The van der Waals surface area contributed by atoms with Crippen LogP contribution in [0, 0.1) is 18.3 Å². The SMILES string of the molecule is Cc1ccc(C(=O)O)c(Oc2cccc(Cl)c2C#N)c1. The maximum atomic E-state index is 11.2. The molecule has 4 nitrogen and oxygen atoms in total. The van der Waals surface area contributed by atoms with E-state index in [1.54, 1.807) is 30.3 Å². The second kappa shape index (κ2) is 5.64. The van der Waals surface area contributed by atoms with E-state index in [4.69, 9.17) is 26.7 Å². The highest BCUT2D eigenvalue weighted by molar-refractivity contribution is 6.31. The lowest BCUT2D eigenvalue weighted by Gasteiger charge is -2.11. The molecule has 2 aromatic rings. The van der Waals surface area contributed by atoms with Crippen LogP contribution < -0.4 is 4.74 Å². The molecule has 0 aliphatic carbocycles. The van der Waals surface area contributed by atoms with Crippen LogP contribution in [0.1, 0.15) is 21.5 Å². The Morgan fingerprint density at radius 1 is 1.30 bits per heavy atom. The van der Waals surface area contributed by atoms with Crippen molar-refractivity contribution >= 4 is 17.6 Å². The monoisotopic (exact) mass is 287 g/mol. The van der Waals surface area contributed by atoms with Gasteiger partial charge in [0.05, 0.1) is 5.02 Å². The molecular formula is C15H10ClNO3. The summed E-state index contributed by atoms with van der Waals surface area (Å²) in [7, 11) is 0. The highest BCUT2D eigenvalue weighted by Gasteiger charge is 2.15. The van der Waals surface area contributed by atoms with E-state index >= 15 is 0 Å². The number of benzene rings is 2. The predicted molar refractivity (Wildman–Crippen MR) is 74.4 cm³/mol. The fourth-order valence-corrected chi connectivity index (χ4v) is 1.92. The van der Waals surface area contributed by atoms with Crippen LogP contribution in [0.2, 0.25) is 5.02 Å². The van der Waals surface area contributed by atoms with Gasteiger partial charge in [-0.05, 0) is 36.8 Å². The molecule has 0 aliphatic heterocycles. The second-order valence-electron chi connectivity index (χ2n) is 4.13. The maximum Gasteiger partial charge on any atom is 0.339 e. The molecule has 0 saturated carbocycles. The number of carboxylic acid groups (broad SMARTS) is 1. The van der Waals surface area contributed by atoms with E-state index in [2.05, 4.69) is 0 Å². The Morgan fingerprint density at radius 2 is 2.05 bits per heavy atom. The van der Waals surface area contributed by atoms with Crippen LogP contribution in [-0.2, 0) is 0 Å². The van der Waals surface area contributed by atoms with Crippen LogP contribution in [-0.4, -0.2) is 11.1 Å². The van der Waals surface area contributed by atoms with E-state index < -0.39 is 5.97 Å². The van der Waals surface area contributed by atoms with Crippen LogP contribution in [0.3, 0.4) is 0 Å². The number of aromatic carboxylic acids is 1. The summed E-state index contributed by atoms with van der Waals surface area (Å²) in [4.78, 5) is 11.2. The van der Waals surface area contributed by atoms with E-state index in [9.17, 15) is 4.79 Å². The van der Waals surface area contributed by atoms with Gasteiger partial charge in [0, 0.05) is 0 Å². The van der Waals surface area contributed by atoms with E-state index in [0.29, 0.717) is 0 Å². The second-order valence-corrected chi connectivity index (χ2v) is 4.54. The van der Waals surface area contributed by atoms with Crippen molar-refractivity contribution in [3.63, 3.8) is 0 Å². The molecule has 0 atom stereocenters. The minimum atomic E-state index is -1.10. The van der Waals surface area contributed by atoms with E-state index in [-0.39, 0.29) is 27.6 Å². The number of hydrogen-bond donors (Lipinski definition) is 1. The van der Waals surface area contributed by atoms with Crippen molar-refractivity contribution < 1.29 is 14.6 Å². The first-order valence-corrected chi connectivity index (χ1v) is 6.11. The van der Waals surface area contributed by atoms with Crippen LogP contribution >= 0.6 is 11.6 Å². The van der Waals surface area contributed by atoms with E-state index in [1.807, 2.05) is 13.0 Å². The number of carboxylic acids is 1. The molecule has 0 unspecified atom stereocenters. The fraction of sp³-hybridized carbons (Fsp3) is 0.0667. The molecule has 20 heavy (non-hydrogen) atoms. The molecule has 0 aromatic heterocycles. The molecular weight excluding hydrogens is 278 g/mol. The number of carbonyl (C=O) groups is 1. The van der Waals surface area contributed by atoms with Crippen molar-refractivity contribution in [3.8, 4) is 17.6 Å². The summed E-state index contributed by atoms with van der Waals surface area (Å²) in [6, 6.07) is 11.5. The Morgan fingerprint density at radius 3 is 2.70 bits per heavy atom. The Hall–Kier alpha value is -2.51. The van der Waals surface area contributed by atoms with E-state index in [0.717, 1.165) is 5.56 Å². The molecule has 0 radical (unpaired) electrons. The Kier molecular flexibility index (Phi) is 3.92. The molecule has 0 heterocycles. The molecule has 0 aliphatic rings. The number of hydrogen-bond acceptors (Lipinski definition) is 3. The number of nitriles is 1. The largest absolute Gasteiger partial charge is 0.478 e. The quantitative estimate of drug-likeness (QED) is 0.926. The zero-order valence-corrected chi connectivity index (χ0v) is 11.3. The third-order valence-corrected chi connectivity index (χ3v) is 2.99. The molecule has 0 spiro atoms. The van der Waals surface area contributed by atoms with Gasteiger partial charge in [-0.3, -0.25) is 0 Å². The van der Waals surface area contributed by atoms with Gasteiger partial charge in [-0.25, -0.2) is 4.79 Å². The van der Waals surface area contributed by atoms with Gasteiger partial charge in [0.25, 0.3) is 0 Å². The summed E-state index contributed by atoms with van der Waals surface area (Å²) in [5.41, 5.74) is 1.05. The number of aryl methyl sites for hydroxylation is 1. The van der Waals surface area contributed by atoms with Crippen molar-refractivity contribution in [2.75, 3.05) is 0 Å². The van der Waals surface area contributed by atoms with Gasteiger partial charge in [-0.2, -0.15) is 5.26 Å². The third-order valence-electron chi connectivity index (χ3n) is 2.67. The summed E-state index contributed by atoms with van der Waals surface area (Å²) in [5.74, 6) is -0.690. The number of rotatable bonds is 3. The van der Waals surface area contributed by atoms with E-state index in [1.165, 1.54) is 6.07 Å². The molecule has 2 rings (SSSR count). The fourth-order valence-electron chi connectivity index (χ4n) is 1.71. The first kappa shape index (κ1) is 13.9. The summed E-state index contributed by atoms with van der Waals surface area (Å²) < 4.78 is 5.57. The minimum absolute atomic E-state index is 0.0273. The van der Waals surface area contributed by atoms with Crippen molar-refractivity contribution in [1.82, 2.24) is 0 Å². The average Bonchev–Trinajstić information content (AvgIpc) is 2.38. The van der Waals surface area contributed by atoms with Crippen molar-refractivity contribution in [2.45, 2.75) is 6.92 Å². The zero-order valence-electron chi connectivity index (χ0n) is 10.6. The Labute approximate surface area is 120 Å². The number of nitrogens with zero attached hydrogens (tertiary/aromatic N) is 1. The normalized spacial score (nSPS) is 9.85. The lowest BCUT2D eigenvalue weighted by Crippen LogP contribution is -2.01. The smallest absolute Gasteiger partial charge is 0.339 e. The van der Waals surface area contributed by atoms with Crippen molar-refractivity contribution in [2.24, 2.45) is 0 Å². The molecule has 2 aromatic carbocycles. The standard InChI is InChI=1S/C15H10ClNO3/c1-9-5-6-10(15(18)19)14(7-9)20-13-4-2-3-12(16)11(13)8-17/h2-7H,1H3,(H,18,19). The third kappa shape index (κ3) is 2.73. The van der Waals surface area contributed by atoms with Gasteiger partial charge < -0.3 is 9.84 Å². The van der Waals surface area contributed by atoms with Crippen LogP contribution in [0.5, 0.6) is 11.5 Å². The lowest BCUT2D eigenvalue weighted by molar-refractivity contribution is 0.0694. The van der Waals surface area contributed by atoms with Gasteiger partial charge >= 0.3 is 5.97 Å². The Balaban J connectivity index is 2.51. The van der Waals surface area contributed by atoms with Gasteiger partial charge in [0.15, 0.2) is 0 Å². The van der Waals surface area contributed by atoms with Crippen LogP contribution in [0.25, 0.3) is 0 Å². The summed E-state index contributed by atoms with van der Waals surface area (Å²) in [5, 5.41) is 18.5. The molecule has 1 N–H and O–H groups in total. The van der Waals surface area contributed by atoms with Crippen LogP contribution in [0.4, 0.5) is 0 Å². The van der Waals surface area contributed by atoms with Crippen LogP contribution in [0.15, 0.2) is 36.4 Å². The summed E-state index contributed by atoms with van der Waals surface area (Å²) in [6.45, 7) is 1.82. The summed E-state index contributed by atoms with van der Waals surface area (Å²) >= 11 is 5.91. The van der Waals surface area contributed by atoms with Crippen molar-refractivity contribution in [3.05, 3.63) is 58.1 Å². The zero-order chi connectivity index (χ0) is 14.7. The minimum Gasteiger partial charge on any atom is -0.478 e. The number of halogens is 1. The van der Waals surface area contributed by atoms with Gasteiger partial charge in [-0.15, -0.1) is 0 Å². The molecule has 0 fully saturated rings. The molecule has 5 heteroatoms. The highest BCUT2D eigenvalue weighted by Crippen LogP contribution is 2.32.